The Kier molecular flexibility index (Phi) is 3.84. The summed E-state index contributed by atoms with van der Waals surface area (Å²) < 4.78 is 6.04. The molecule has 2 aromatic heterocycles. The molecule has 0 bridgehead atoms. The van der Waals surface area contributed by atoms with Gasteiger partial charge >= 0.3 is 0 Å². The molecule has 0 radical (unpaired) electrons. The molecular weight excluding hydrogens is 334 g/mol. The van der Waals surface area contributed by atoms with Crippen LogP contribution in [0.1, 0.15) is 53.2 Å². The Hall–Kier alpha value is -2.75. The van der Waals surface area contributed by atoms with Crippen molar-refractivity contribution >= 4 is 21.9 Å². The van der Waals surface area contributed by atoms with E-state index in [-0.39, 0.29) is 10.8 Å². The van der Waals surface area contributed by atoms with E-state index in [2.05, 4.69) is 53.7 Å². The topological polar surface area (TPSA) is 51.8 Å². The highest BCUT2D eigenvalue weighted by atomic mass is 16.3. The van der Waals surface area contributed by atoms with Gasteiger partial charge in [-0.3, -0.25) is 0 Å². The Balaban J connectivity index is 2.06. The molecule has 2 aromatic carbocycles. The highest BCUT2D eigenvalue weighted by Crippen LogP contribution is 2.36. The lowest BCUT2D eigenvalue weighted by Gasteiger charge is -2.22. The SMILES string of the molecule is CC(C)(C)c1nc(-c2cccc3oc4ccccc4c23)nc(C(C)(C)C)n1. The van der Waals surface area contributed by atoms with E-state index in [1.807, 2.05) is 30.3 Å². The van der Waals surface area contributed by atoms with Crippen LogP contribution in [-0.2, 0) is 10.8 Å². The summed E-state index contributed by atoms with van der Waals surface area (Å²) in [6.07, 6.45) is 0. The lowest BCUT2D eigenvalue weighted by molar-refractivity contribution is 0.497. The number of hydrogen-bond acceptors (Lipinski definition) is 4. The minimum absolute atomic E-state index is 0.163. The summed E-state index contributed by atoms with van der Waals surface area (Å²) in [5.41, 5.74) is 2.38. The van der Waals surface area contributed by atoms with Crippen molar-refractivity contribution in [2.45, 2.75) is 52.4 Å². The molecule has 4 aromatic rings. The third-order valence-electron chi connectivity index (χ3n) is 4.62. The van der Waals surface area contributed by atoms with Gasteiger partial charge < -0.3 is 4.42 Å². The Morgan fingerprint density at radius 2 is 1.26 bits per heavy atom. The largest absolute Gasteiger partial charge is 0.456 e. The lowest BCUT2D eigenvalue weighted by Crippen LogP contribution is -2.24. The summed E-state index contributed by atoms with van der Waals surface area (Å²) in [6.45, 7) is 12.8. The number of nitrogens with zero attached hydrogens (tertiary/aromatic N) is 3. The number of para-hydroxylation sites is 1. The van der Waals surface area contributed by atoms with Gasteiger partial charge in [-0.1, -0.05) is 71.9 Å². The van der Waals surface area contributed by atoms with Gasteiger partial charge in [0.25, 0.3) is 0 Å². The van der Waals surface area contributed by atoms with Crippen LogP contribution in [0.15, 0.2) is 46.9 Å². The van der Waals surface area contributed by atoms with Crippen LogP contribution in [0.5, 0.6) is 0 Å². The normalized spacial score (nSPS) is 12.8. The van der Waals surface area contributed by atoms with Gasteiger partial charge in [0, 0.05) is 27.2 Å². The summed E-state index contributed by atoms with van der Waals surface area (Å²) in [5.74, 6) is 2.32. The van der Waals surface area contributed by atoms with Crippen LogP contribution in [0.3, 0.4) is 0 Å². The molecule has 0 saturated heterocycles. The van der Waals surface area contributed by atoms with Crippen LogP contribution in [0, 0.1) is 0 Å². The maximum absolute atomic E-state index is 6.04. The van der Waals surface area contributed by atoms with Gasteiger partial charge in [-0.15, -0.1) is 0 Å². The fourth-order valence-electron chi connectivity index (χ4n) is 3.13. The molecule has 0 fully saturated rings. The number of hydrogen-bond donors (Lipinski definition) is 0. The molecule has 0 N–H and O–H groups in total. The van der Waals surface area contributed by atoms with Gasteiger partial charge in [0.1, 0.15) is 22.8 Å². The van der Waals surface area contributed by atoms with E-state index in [0.29, 0.717) is 5.82 Å². The highest BCUT2D eigenvalue weighted by Gasteiger charge is 2.26. The molecule has 0 aliphatic rings. The van der Waals surface area contributed by atoms with Gasteiger partial charge in [-0.2, -0.15) is 0 Å². The Labute approximate surface area is 159 Å². The fraction of sp³-hybridized carbons (Fsp3) is 0.348. The van der Waals surface area contributed by atoms with E-state index in [9.17, 15) is 0 Å². The molecule has 138 valence electrons. The second-order valence-corrected chi connectivity index (χ2v) is 9.08. The Morgan fingerprint density at radius 1 is 0.667 bits per heavy atom. The summed E-state index contributed by atoms with van der Waals surface area (Å²) in [5, 5.41) is 2.14. The van der Waals surface area contributed by atoms with Crippen LogP contribution in [0.2, 0.25) is 0 Å². The molecular formula is C23H25N3O. The van der Waals surface area contributed by atoms with Gasteiger partial charge in [0.15, 0.2) is 5.82 Å². The van der Waals surface area contributed by atoms with Crippen molar-refractivity contribution in [3.05, 3.63) is 54.1 Å². The zero-order valence-corrected chi connectivity index (χ0v) is 16.8. The van der Waals surface area contributed by atoms with E-state index < -0.39 is 0 Å². The lowest BCUT2D eigenvalue weighted by atomic mass is 9.92. The van der Waals surface area contributed by atoms with E-state index in [1.54, 1.807) is 0 Å². The van der Waals surface area contributed by atoms with Gasteiger partial charge in [0.2, 0.25) is 0 Å². The number of aromatic nitrogens is 3. The minimum Gasteiger partial charge on any atom is -0.456 e. The molecule has 4 rings (SSSR count). The summed E-state index contributed by atoms with van der Waals surface area (Å²) >= 11 is 0. The van der Waals surface area contributed by atoms with Gasteiger partial charge in [-0.05, 0) is 12.1 Å². The van der Waals surface area contributed by atoms with Crippen molar-refractivity contribution in [2.75, 3.05) is 0 Å². The first-order chi connectivity index (χ1) is 12.6. The third kappa shape index (κ3) is 3.09. The van der Waals surface area contributed by atoms with Crippen molar-refractivity contribution in [1.82, 2.24) is 15.0 Å². The third-order valence-corrected chi connectivity index (χ3v) is 4.62. The van der Waals surface area contributed by atoms with E-state index in [1.165, 1.54) is 0 Å². The van der Waals surface area contributed by atoms with Crippen LogP contribution in [0.25, 0.3) is 33.3 Å². The minimum atomic E-state index is -0.163. The summed E-state index contributed by atoms with van der Waals surface area (Å²) in [7, 11) is 0. The standard InChI is InChI=1S/C23H25N3O/c1-22(2,3)20-24-19(25-21(26-20)23(4,5)6)15-11-9-13-17-18(15)14-10-7-8-12-16(14)27-17/h7-13H,1-6H3. The first kappa shape index (κ1) is 17.7. The monoisotopic (exact) mass is 359 g/mol. The van der Waals surface area contributed by atoms with Crippen molar-refractivity contribution < 1.29 is 4.42 Å². The van der Waals surface area contributed by atoms with Gasteiger partial charge in [0.05, 0.1) is 0 Å². The van der Waals surface area contributed by atoms with E-state index in [0.717, 1.165) is 39.2 Å². The van der Waals surface area contributed by atoms with Crippen LogP contribution in [0.4, 0.5) is 0 Å². The van der Waals surface area contributed by atoms with E-state index >= 15 is 0 Å². The second-order valence-electron chi connectivity index (χ2n) is 9.08. The van der Waals surface area contributed by atoms with Crippen LogP contribution < -0.4 is 0 Å². The molecule has 0 aliphatic carbocycles. The molecule has 0 saturated carbocycles. The highest BCUT2D eigenvalue weighted by molar-refractivity contribution is 6.11. The maximum Gasteiger partial charge on any atom is 0.164 e. The number of fused-ring (bicyclic) bond motifs is 3. The predicted molar refractivity (Wildman–Crippen MR) is 110 cm³/mol. The predicted octanol–water partition coefficient (Wildman–Crippen LogP) is 6.03. The average Bonchev–Trinajstić information content (AvgIpc) is 2.98. The average molecular weight is 359 g/mol. The zero-order valence-electron chi connectivity index (χ0n) is 16.8. The van der Waals surface area contributed by atoms with Crippen molar-refractivity contribution in [1.29, 1.82) is 0 Å². The first-order valence-electron chi connectivity index (χ1n) is 9.32. The summed E-state index contributed by atoms with van der Waals surface area (Å²) in [6, 6.07) is 14.2. The van der Waals surface area contributed by atoms with Gasteiger partial charge in [-0.25, -0.2) is 15.0 Å². The second kappa shape index (κ2) is 5.88. The van der Waals surface area contributed by atoms with E-state index in [4.69, 9.17) is 19.4 Å². The summed E-state index contributed by atoms with van der Waals surface area (Å²) in [4.78, 5) is 14.5. The molecule has 4 heteroatoms. The van der Waals surface area contributed by atoms with Crippen molar-refractivity contribution in [3.63, 3.8) is 0 Å². The first-order valence-corrected chi connectivity index (χ1v) is 9.32. The Morgan fingerprint density at radius 3 is 1.89 bits per heavy atom. The maximum atomic E-state index is 6.04. The molecule has 2 heterocycles. The smallest absolute Gasteiger partial charge is 0.164 e. The van der Waals surface area contributed by atoms with Crippen LogP contribution >= 0.6 is 0 Å². The molecule has 0 aliphatic heterocycles. The molecule has 27 heavy (non-hydrogen) atoms. The fourth-order valence-corrected chi connectivity index (χ4v) is 3.13. The van der Waals surface area contributed by atoms with Crippen LogP contribution in [-0.4, -0.2) is 15.0 Å². The molecule has 0 amide bonds. The molecule has 4 nitrogen and oxygen atoms in total. The van der Waals surface area contributed by atoms with Crippen molar-refractivity contribution in [3.8, 4) is 11.4 Å². The quantitative estimate of drug-likeness (QED) is 0.416. The number of benzene rings is 2. The molecule has 0 unspecified atom stereocenters. The zero-order chi connectivity index (χ0) is 19.4. The molecule has 0 spiro atoms. The number of rotatable bonds is 1. The number of furan rings is 1. The Bertz CT molecular complexity index is 1110. The van der Waals surface area contributed by atoms with Crippen molar-refractivity contribution in [2.24, 2.45) is 0 Å². The molecule has 0 atom stereocenters.